The molecule has 0 aromatic rings. The number of hydrogen-bond donors (Lipinski definition) is 0. The summed E-state index contributed by atoms with van der Waals surface area (Å²) in [6.45, 7) is 2.19. The van der Waals surface area contributed by atoms with E-state index >= 15 is 0 Å². The van der Waals surface area contributed by atoms with E-state index < -0.39 is 5.97 Å². The van der Waals surface area contributed by atoms with Gasteiger partial charge in [-0.05, 0) is 6.42 Å². The number of rotatable bonds is 5. The Morgan fingerprint density at radius 1 is 1.31 bits per heavy atom. The quantitative estimate of drug-likeness (QED) is 0.442. The Kier molecular flexibility index (Phi) is 9.66. The third kappa shape index (κ3) is 9.68. The maximum Gasteiger partial charge on any atom is 0.393 e. The van der Waals surface area contributed by atoms with Gasteiger partial charge in [0.2, 0.25) is 0 Å². The van der Waals surface area contributed by atoms with Crippen LogP contribution in [0.1, 0.15) is 45.4 Å². The minimum Gasteiger partial charge on any atom is -0.385 e. The maximum absolute atomic E-state index is 10.5. The number of carbonyl (C=O) groups excluding carboxylic acids is 1. The molecule has 0 heterocycles. The number of halogens is 1. The van der Waals surface area contributed by atoms with E-state index in [4.69, 9.17) is 0 Å². The first-order chi connectivity index (χ1) is 6.31. The van der Waals surface area contributed by atoms with Gasteiger partial charge in [-0.25, -0.2) is 4.79 Å². The molecule has 0 saturated carbocycles. The molecule has 0 radical (unpaired) electrons. The molecule has 0 aliphatic rings. The molecule has 13 heavy (non-hydrogen) atoms. The molecule has 0 spiro atoms. The molecular formula is C10H15IO2. The molecule has 0 fully saturated rings. The highest BCUT2D eigenvalue weighted by Crippen LogP contribution is 2.03. The van der Waals surface area contributed by atoms with Crippen molar-refractivity contribution in [2.75, 3.05) is 0 Å². The molecule has 0 rings (SSSR count). The van der Waals surface area contributed by atoms with Gasteiger partial charge in [-0.2, -0.15) is 0 Å². The Morgan fingerprint density at radius 2 is 2.00 bits per heavy atom. The van der Waals surface area contributed by atoms with E-state index in [1.54, 1.807) is 23.0 Å². The fraction of sp³-hybridized carbons (Fsp3) is 0.700. The van der Waals surface area contributed by atoms with E-state index in [0.717, 1.165) is 12.8 Å². The van der Waals surface area contributed by atoms with Crippen LogP contribution in [0, 0.1) is 11.8 Å². The van der Waals surface area contributed by atoms with Crippen molar-refractivity contribution in [2.24, 2.45) is 0 Å². The lowest BCUT2D eigenvalue weighted by atomic mass is 10.1. The standard InChI is InChI=1S/C10H15IO2/c1-2-3-4-5-6-7-8-9-10(12)13-11/h2-7H2,1H3. The normalized spacial score (nSPS) is 8.77. The molecule has 0 atom stereocenters. The third-order valence-electron chi connectivity index (χ3n) is 1.67. The fourth-order valence-electron chi connectivity index (χ4n) is 0.971. The summed E-state index contributed by atoms with van der Waals surface area (Å²) in [4.78, 5) is 10.5. The molecule has 0 saturated heterocycles. The summed E-state index contributed by atoms with van der Waals surface area (Å²) in [5.41, 5.74) is 0. The topological polar surface area (TPSA) is 26.3 Å². The molecule has 0 N–H and O–H groups in total. The van der Waals surface area contributed by atoms with Crippen LogP contribution in [0.4, 0.5) is 0 Å². The second-order valence-corrected chi connectivity index (χ2v) is 3.27. The molecule has 0 aliphatic carbocycles. The van der Waals surface area contributed by atoms with Gasteiger partial charge in [0.1, 0.15) is 0 Å². The zero-order valence-electron chi connectivity index (χ0n) is 7.94. The first kappa shape index (κ1) is 12.8. The van der Waals surface area contributed by atoms with Gasteiger partial charge >= 0.3 is 5.97 Å². The van der Waals surface area contributed by atoms with E-state index in [1.165, 1.54) is 25.7 Å². The third-order valence-corrected chi connectivity index (χ3v) is 2.07. The number of carbonyl (C=O) groups is 1. The van der Waals surface area contributed by atoms with Crippen LogP contribution in [0.5, 0.6) is 0 Å². The van der Waals surface area contributed by atoms with E-state index in [1.807, 2.05) is 0 Å². The summed E-state index contributed by atoms with van der Waals surface area (Å²) >= 11 is 1.54. The minimum atomic E-state index is -0.450. The average Bonchev–Trinajstić information content (AvgIpc) is 2.16. The van der Waals surface area contributed by atoms with Crippen molar-refractivity contribution in [2.45, 2.75) is 45.4 Å². The lowest BCUT2D eigenvalue weighted by Crippen LogP contribution is -1.89. The van der Waals surface area contributed by atoms with Crippen molar-refractivity contribution in [3.05, 3.63) is 0 Å². The molecule has 74 valence electrons. The molecule has 0 amide bonds. The monoisotopic (exact) mass is 294 g/mol. The van der Waals surface area contributed by atoms with Crippen molar-refractivity contribution >= 4 is 29.0 Å². The Bertz CT molecular complexity index is 191. The minimum absolute atomic E-state index is 0.450. The summed E-state index contributed by atoms with van der Waals surface area (Å²) < 4.78 is 4.35. The van der Waals surface area contributed by atoms with Gasteiger partial charge < -0.3 is 3.07 Å². The lowest BCUT2D eigenvalue weighted by Gasteiger charge is -1.94. The van der Waals surface area contributed by atoms with Crippen LogP contribution < -0.4 is 0 Å². The van der Waals surface area contributed by atoms with Crippen molar-refractivity contribution < 1.29 is 7.86 Å². The largest absolute Gasteiger partial charge is 0.393 e. The Labute approximate surface area is 94.1 Å². The predicted molar refractivity (Wildman–Crippen MR) is 61.3 cm³/mol. The Morgan fingerprint density at radius 3 is 2.62 bits per heavy atom. The van der Waals surface area contributed by atoms with E-state index in [-0.39, 0.29) is 0 Å². The summed E-state index contributed by atoms with van der Waals surface area (Å²) in [6, 6.07) is 0. The molecular weight excluding hydrogens is 279 g/mol. The highest BCUT2D eigenvalue weighted by molar-refractivity contribution is 14.1. The molecule has 2 nitrogen and oxygen atoms in total. The second kappa shape index (κ2) is 9.85. The van der Waals surface area contributed by atoms with E-state index in [2.05, 4.69) is 21.8 Å². The highest BCUT2D eigenvalue weighted by atomic mass is 127. The van der Waals surface area contributed by atoms with Crippen molar-refractivity contribution in [3.63, 3.8) is 0 Å². The maximum atomic E-state index is 10.5. The summed E-state index contributed by atoms with van der Waals surface area (Å²) in [5, 5.41) is 0. The molecule has 0 unspecified atom stereocenters. The van der Waals surface area contributed by atoms with E-state index in [0.29, 0.717) is 0 Å². The summed E-state index contributed by atoms with van der Waals surface area (Å²) in [7, 11) is 0. The predicted octanol–water partition coefficient (Wildman–Crippen LogP) is 3.24. The second-order valence-electron chi connectivity index (χ2n) is 2.83. The van der Waals surface area contributed by atoms with Gasteiger partial charge in [0.05, 0.1) is 0 Å². The van der Waals surface area contributed by atoms with Crippen LogP contribution >= 0.6 is 23.0 Å². The van der Waals surface area contributed by atoms with Crippen LogP contribution in [0.2, 0.25) is 0 Å². The van der Waals surface area contributed by atoms with Gasteiger partial charge in [0, 0.05) is 12.3 Å². The molecule has 0 bridgehead atoms. The fourth-order valence-corrected chi connectivity index (χ4v) is 1.08. The van der Waals surface area contributed by atoms with Gasteiger partial charge in [-0.1, -0.05) is 38.5 Å². The molecule has 0 aromatic heterocycles. The van der Waals surface area contributed by atoms with Crippen molar-refractivity contribution in [1.82, 2.24) is 0 Å². The van der Waals surface area contributed by atoms with Gasteiger partial charge in [0.25, 0.3) is 0 Å². The molecule has 3 heteroatoms. The van der Waals surface area contributed by atoms with Crippen LogP contribution in [0.25, 0.3) is 0 Å². The number of hydrogen-bond acceptors (Lipinski definition) is 2. The summed E-state index contributed by atoms with van der Waals surface area (Å²) in [5.74, 6) is 4.74. The first-order valence-corrected chi connectivity index (χ1v) is 5.50. The Hall–Kier alpha value is -0.240. The van der Waals surface area contributed by atoms with E-state index in [9.17, 15) is 4.79 Å². The van der Waals surface area contributed by atoms with Crippen molar-refractivity contribution in [3.8, 4) is 11.8 Å². The zero-order chi connectivity index (χ0) is 9.94. The van der Waals surface area contributed by atoms with Crippen LogP contribution in [0.15, 0.2) is 0 Å². The van der Waals surface area contributed by atoms with Crippen LogP contribution in [0.3, 0.4) is 0 Å². The van der Waals surface area contributed by atoms with Crippen LogP contribution in [-0.2, 0) is 7.86 Å². The zero-order valence-corrected chi connectivity index (χ0v) is 10.1. The highest BCUT2D eigenvalue weighted by Gasteiger charge is 1.90. The smallest absolute Gasteiger partial charge is 0.385 e. The first-order valence-electron chi connectivity index (χ1n) is 4.62. The lowest BCUT2D eigenvalue weighted by molar-refractivity contribution is -0.125. The van der Waals surface area contributed by atoms with Gasteiger partial charge in [0.15, 0.2) is 23.0 Å². The molecule has 0 aromatic carbocycles. The van der Waals surface area contributed by atoms with Gasteiger partial charge in [-0.3, -0.25) is 0 Å². The SMILES string of the molecule is CCCCCCCC#CC(=O)OI. The Balaban J connectivity index is 3.23. The number of unbranched alkanes of at least 4 members (excludes halogenated alkanes) is 5. The van der Waals surface area contributed by atoms with Gasteiger partial charge in [-0.15, -0.1) is 0 Å². The van der Waals surface area contributed by atoms with Crippen LogP contribution in [-0.4, -0.2) is 5.97 Å². The average molecular weight is 294 g/mol. The molecule has 0 aliphatic heterocycles. The summed E-state index contributed by atoms with van der Waals surface area (Å²) in [6.07, 6.45) is 6.92. The van der Waals surface area contributed by atoms with Crippen molar-refractivity contribution in [1.29, 1.82) is 0 Å².